The van der Waals surface area contributed by atoms with Crippen molar-refractivity contribution in [3.8, 4) is 22.5 Å². The summed E-state index contributed by atoms with van der Waals surface area (Å²) < 4.78 is 45.1. The highest BCUT2D eigenvalue weighted by Gasteiger charge is 2.31. The minimum Gasteiger partial charge on any atom is -0.465 e. The van der Waals surface area contributed by atoms with Crippen molar-refractivity contribution in [3.05, 3.63) is 96.1 Å². The Morgan fingerprint density at radius 3 is 2.12 bits per heavy atom. The average Bonchev–Trinajstić information content (AvgIpc) is 2.86. The van der Waals surface area contributed by atoms with E-state index in [1.807, 2.05) is 42.5 Å². The summed E-state index contributed by atoms with van der Waals surface area (Å²) in [5.74, 6) is -0.489. The molecule has 168 valence electrons. The van der Waals surface area contributed by atoms with Crippen LogP contribution in [0.3, 0.4) is 0 Å². The average molecular weight is 458 g/mol. The van der Waals surface area contributed by atoms with E-state index in [1.165, 1.54) is 13.2 Å². The SMILES string of the molecule is COC(=O)c1cccc2cc3nc(-c4ccccc4)c(-c4cccc(C(F)(F)F)c4)nc3cc12. The first kappa shape index (κ1) is 21.6. The minimum atomic E-state index is -4.49. The fourth-order valence-corrected chi connectivity index (χ4v) is 3.96. The molecule has 0 bridgehead atoms. The van der Waals surface area contributed by atoms with Gasteiger partial charge in [-0.25, -0.2) is 14.8 Å². The van der Waals surface area contributed by atoms with E-state index in [9.17, 15) is 18.0 Å². The lowest BCUT2D eigenvalue weighted by Gasteiger charge is -2.13. The molecular formula is C27H17F3N2O2. The Morgan fingerprint density at radius 2 is 1.41 bits per heavy atom. The van der Waals surface area contributed by atoms with Gasteiger partial charge in [-0.2, -0.15) is 13.2 Å². The van der Waals surface area contributed by atoms with Crippen LogP contribution in [0, 0.1) is 0 Å². The summed E-state index contributed by atoms with van der Waals surface area (Å²) >= 11 is 0. The van der Waals surface area contributed by atoms with E-state index in [2.05, 4.69) is 0 Å². The number of hydrogen-bond donors (Lipinski definition) is 0. The van der Waals surface area contributed by atoms with E-state index < -0.39 is 17.7 Å². The quantitative estimate of drug-likeness (QED) is 0.217. The molecule has 0 unspecified atom stereocenters. The molecule has 0 radical (unpaired) electrons. The fourth-order valence-electron chi connectivity index (χ4n) is 3.96. The van der Waals surface area contributed by atoms with Gasteiger partial charge in [0.15, 0.2) is 0 Å². The summed E-state index contributed by atoms with van der Waals surface area (Å²) in [6.07, 6.45) is -4.49. The maximum Gasteiger partial charge on any atom is 0.416 e. The van der Waals surface area contributed by atoms with E-state index in [-0.39, 0.29) is 0 Å². The van der Waals surface area contributed by atoms with Crippen molar-refractivity contribution >= 4 is 27.8 Å². The van der Waals surface area contributed by atoms with E-state index in [1.54, 1.807) is 24.3 Å². The third-order valence-corrected chi connectivity index (χ3v) is 5.58. The van der Waals surface area contributed by atoms with Crippen LogP contribution in [0.5, 0.6) is 0 Å². The summed E-state index contributed by atoms with van der Waals surface area (Å²) in [7, 11) is 1.31. The number of esters is 1. The number of carbonyl (C=O) groups excluding carboxylic acids is 1. The van der Waals surface area contributed by atoms with Crippen LogP contribution in [0.1, 0.15) is 15.9 Å². The van der Waals surface area contributed by atoms with Gasteiger partial charge in [-0.15, -0.1) is 0 Å². The summed E-state index contributed by atoms with van der Waals surface area (Å²) in [5, 5.41) is 1.40. The van der Waals surface area contributed by atoms with Gasteiger partial charge in [0.1, 0.15) is 0 Å². The normalized spacial score (nSPS) is 11.6. The number of hydrogen-bond acceptors (Lipinski definition) is 4. The van der Waals surface area contributed by atoms with Crippen molar-refractivity contribution in [2.24, 2.45) is 0 Å². The van der Waals surface area contributed by atoms with Gasteiger partial charge >= 0.3 is 12.1 Å². The molecule has 4 nitrogen and oxygen atoms in total. The molecule has 5 rings (SSSR count). The number of carbonyl (C=O) groups is 1. The summed E-state index contributed by atoms with van der Waals surface area (Å²) in [4.78, 5) is 21.8. The van der Waals surface area contributed by atoms with Crippen molar-refractivity contribution < 1.29 is 22.7 Å². The largest absolute Gasteiger partial charge is 0.465 e. The first-order valence-corrected chi connectivity index (χ1v) is 10.4. The molecule has 4 aromatic carbocycles. The molecule has 0 aliphatic heterocycles. The highest BCUT2D eigenvalue weighted by atomic mass is 19.4. The van der Waals surface area contributed by atoms with Gasteiger partial charge in [0.05, 0.1) is 40.7 Å². The zero-order chi connectivity index (χ0) is 23.9. The van der Waals surface area contributed by atoms with Gasteiger partial charge in [0.25, 0.3) is 0 Å². The Bertz CT molecular complexity index is 1550. The van der Waals surface area contributed by atoms with Crippen LogP contribution in [-0.4, -0.2) is 23.0 Å². The molecule has 7 heteroatoms. The van der Waals surface area contributed by atoms with Crippen LogP contribution in [0.25, 0.3) is 44.3 Å². The molecule has 0 amide bonds. The van der Waals surface area contributed by atoms with E-state index in [0.29, 0.717) is 38.9 Å². The highest BCUT2D eigenvalue weighted by molar-refractivity contribution is 6.08. The van der Waals surface area contributed by atoms with E-state index in [4.69, 9.17) is 14.7 Å². The zero-order valence-electron chi connectivity index (χ0n) is 17.9. The molecule has 0 aliphatic carbocycles. The van der Waals surface area contributed by atoms with Crippen LogP contribution in [0.2, 0.25) is 0 Å². The Balaban J connectivity index is 1.82. The second-order valence-corrected chi connectivity index (χ2v) is 7.72. The van der Waals surface area contributed by atoms with Crippen LogP contribution < -0.4 is 0 Å². The zero-order valence-corrected chi connectivity index (χ0v) is 17.9. The lowest BCUT2D eigenvalue weighted by Crippen LogP contribution is -2.05. The summed E-state index contributed by atoms with van der Waals surface area (Å²) in [5.41, 5.74) is 2.43. The first-order valence-electron chi connectivity index (χ1n) is 10.4. The number of nitrogens with zero attached hydrogens (tertiary/aromatic N) is 2. The second kappa shape index (κ2) is 8.26. The Kier molecular flexibility index (Phi) is 5.24. The Labute approximate surface area is 192 Å². The maximum atomic E-state index is 13.4. The topological polar surface area (TPSA) is 52.1 Å². The number of aromatic nitrogens is 2. The molecule has 0 aliphatic rings. The number of benzene rings is 4. The smallest absolute Gasteiger partial charge is 0.416 e. The second-order valence-electron chi connectivity index (χ2n) is 7.72. The van der Waals surface area contributed by atoms with Crippen LogP contribution in [-0.2, 0) is 10.9 Å². The van der Waals surface area contributed by atoms with Crippen molar-refractivity contribution in [1.29, 1.82) is 0 Å². The Morgan fingerprint density at radius 1 is 0.765 bits per heavy atom. The summed E-state index contributed by atoms with van der Waals surface area (Å²) in [6.45, 7) is 0. The molecule has 0 fully saturated rings. The van der Waals surface area contributed by atoms with Gasteiger partial charge in [0, 0.05) is 11.1 Å². The van der Waals surface area contributed by atoms with Crippen molar-refractivity contribution in [2.45, 2.75) is 6.18 Å². The molecule has 0 atom stereocenters. The molecular weight excluding hydrogens is 441 g/mol. The molecule has 5 aromatic rings. The molecule has 0 spiro atoms. The van der Waals surface area contributed by atoms with E-state index in [0.717, 1.165) is 23.1 Å². The number of methoxy groups -OCH3 is 1. The molecule has 0 N–H and O–H groups in total. The molecule has 0 saturated carbocycles. The Hall–Kier alpha value is -4.26. The van der Waals surface area contributed by atoms with Gasteiger partial charge in [-0.1, -0.05) is 54.6 Å². The highest BCUT2D eigenvalue weighted by Crippen LogP contribution is 2.36. The predicted octanol–water partition coefficient (Wildman–Crippen LogP) is 6.92. The molecule has 34 heavy (non-hydrogen) atoms. The van der Waals surface area contributed by atoms with Crippen molar-refractivity contribution in [3.63, 3.8) is 0 Å². The lowest BCUT2D eigenvalue weighted by molar-refractivity contribution is -0.137. The van der Waals surface area contributed by atoms with Gasteiger partial charge < -0.3 is 4.74 Å². The van der Waals surface area contributed by atoms with Gasteiger partial charge in [-0.3, -0.25) is 0 Å². The monoisotopic (exact) mass is 458 g/mol. The third-order valence-electron chi connectivity index (χ3n) is 5.58. The van der Waals surface area contributed by atoms with Crippen LogP contribution in [0.15, 0.2) is 84.9 Å². The van der Waals surface area contributed by atoms with Crippen LogP contribution in [0.4, 0.5) is 13.2 Å². The van der Waals surface area contributed by atoms with Crippen molar-refractivity contribution in [2.75, 3.05) is 7.11 Å². The van der Waals surface area contributed by atoms with Crippen LogP contribution >= 0.6 is 0 Å². The maximum absolute atomic E-state index is 13.4. The minimum absolute atomic E-state index is 0.296. The predicted molar refractivity (Wildman–Crippen MR) is 124 cm³/mol. The number of rotatable bonds is 3. The molecule has 1 aromatic heterocycles. The number of fused-ring (bicyclic) bond motifs is 2. The van der Waals surface area contributed by atoms with Gasteiger partial charge in [0.2, 0.25) is 0 Å². The lowest BCUT2D eigenvalue weighted by atomic mass is 10.00. The fraction of sp³-hybridized carbons (Fsp3) is 0.0741. The first-order chi connectivity index (χ1) is 16.3. The number of alkyl halides is 3. The van der Waals surface area contributed by atoms with Gasteiger partial charge in [-0.05, 0) is 41.1 Å². The van der Waals surface area contributed by atoms with E-state index >= 15 is 0 Å². The standard InChI is InChI=1S/C27H17F3N2O2/c1-34-26(33)20-12-6-9-17-14-22-23(15-21(17)20)32-25(24(31-22)16-7-3-2-4-8-16)18-10-5-11-19(13-18)27(28,29)30/h2-15H,1H3. The number of ether oxygens (including phenoxy) is 1. The number of halogens is 3. The molecule has 1 heterocycles. The molecule has 0 saturated heterocycles. The van der Waals surface area contributed by atoms with Crippen molar-refractivity contribution in [1.82, 2.24) is 9.97 Å². The third kappa shape index (κ3) is 3.85. The summed E-state index contributed by atoms with van der Waals surface area (Å²) in [6, 6.07) is 23.0.